The summed E-state index contributed by atoms with van der Waals surface area (Å²) >= 11 is 6.06. The van der Waals surface area contributed by atoms with Gasteiger partial charge >= 0.3 is 0 Å². The molecule has 1 rings (SSSR count). The zero-order chi connectivity index (χ0) is 13.5. The van der Waals surface area contributed by atoms with Gasteiger partial charge in [-0.1, -0.05) is 11.6 Å². The number of nitrogens with two attached hydrogens (primary N) is 1. The van der Waals surface area contributed by atoms with Crippen LogP contribution in [0.5, 0.6) is 11.5 Å². The number of benzene rings is 1. The molecule has 100 valence electrons. The molecule has 0 heterocycles. The second-order valence-electron chi connectivity index (χ2n) is 3.47. The molecular formula is C12H17ClN2O3. The van der Waals surface area contributed by atoms with Crippen LogP contribution in [0, 0.1) is 0 Å². The van der Waals surface area contributed by atoms with Crippen molar-refractivity contribution in [1.82, 2.24) is 5.32 Å². The maximum absolute atomic E-state index is 11.8. The van der Waals surface area contributed by atoms with Crippen molar-refractivity contribution in [2.24, 2.45) is 5.73 Å². The van der Waals surface area contributed by atoms with Crippen molar-refractivity contribution >= 4 is 17.5 Å². The molecule has 18 heavy (non-hydrogen) atoms. The van der Waals surface area contributed by atoms with Crippen molar-refractivity contribution in [2.75, 3.05) is 26.8 Å². The summed E-state index contributed by atoms with van der Waals surface area (Å²) in [5.74, 6) is 0.628. The predicted molar refractivity (Wildman–Crippen MR) is 70.6 cm³/mol. The number of hydrogen-bond donors (Lipinski definition) is 2. The largest absolute Gasteiger partial charge is 0.493 e. The van der Waals surface area contributed by atoms with Gasteiger partial charge in [0.1, 0.15) is 0 Å². The van der Waals surface area contributed by atoms with Crippen molar-refractivity contribution in [1.29, 1.82) is 0 Å². The van der Waals surface area contributed by atoms with Crippen LogP contribution in [0.4, 0.5) is 0 Å². The third-order valence-corrected chi connectivity index (χ3v) is 2.49. The zero-order valence-electron chi connectivity index (χ0n) is 10.5. The molecule has 0 radical (unpaired) electrons. The quantitative estimate of drug-likeness (QED) is 0.822. The molecule has 1 aromatic rings. The first-order valence-corrected chi connectivity index (χ1v) is 6.00. The van der Waals surface area contributed by atoms with Gasteiger partial charge in [-0.2, -0.15) is 0 Å². The van der Waals surface area contributed by atoms with E-state index in [1.807, 2.05) is 6.92 Å². The van der Waals surface area contributed by atoms with Crippen molar-refractivity contribution in [3.05, 3.63) is 22.7 Å². The van der Waals surface area contributed by atoms with Crippen LogP contribution < -0.4 is 20.5 Å². The van der Waals surface area contributed by atoms with Crippen LogP contribution in [-0.4, -0.2) is 32.7 Å². The standard InChI is InChI=1S/C12H17ClN2O3/c1-3-18-11-9(13)6-8(7-10(11)17-2)12(16)15-5-4-14/h6-7H,3-5,14H2,1-2H3,(H,15,16). The topological polar surface area (TPSA) is 73.6 Å². The predicted octanol–water partition coefficient (Wildman–Crippen LogP) is 1.44. The van der Waals surface area contributed by atoms with E-state index in [1.165, 1.54) is 7.11 Å². The Labute approximate surface area is 111 Å². The van der Waals surface area contributed by atoms with Gasteiger partial charge in [-0.25, -0.2) is 0 Å². The number of hydrogen-bond acceptors (Lipinski definition) is 4. The number of ether oxygens (including phenoxy) is 2. The fourth-order valence-electron chi connectivity index (χ4n) is 1.42. The van der Waals surface area contributed by atoms with E-state index in [1.54, 1.807) is 12.1 Å². The molecule has 0 atom stereocenters. The number of nitrogens with one attached hydrogen (secondary N) is 1. The Morgan fingerprint density at radius 1 is 1.50 bits per heavy atom. The summed E-state index contributed by atoms with van der Waals surface area (Å²) in [4.78, 5) is 11.8. The first-order valence-electron chi connectivity index (χ1n) is 5.62. The molecule has 0 aliphatic heterocycles. The Hall–Kier alpha value is -1.46. The summed E-state index contributed by atoms with van der Waals surface area (Å²) in [6.45, 7) is 3.10. The second kappa shape index (κ2) is 7.08. The van der Waals surface area contributed by atoms with Crippen LogP contribution in [0.3, 0.4) is 0 Å². The van der Waals surface area contributed by atoms with Gasteiger partial charge in [0, 0.05) is 18.7 Å². The lowest BCUT2D eigenvalue weighted by Gasteiger charge is -2.13. The van der Waals surface area contributed by atoms with Crippen molar-refractivity contribution in [2.45, 2.75) is 6.92 Å². The van der Waals surface area contributed by atoms with Crippen molar-refractivity contribution < 1.29 is 14.3 Å². The van der Waals surface area contributed by atoms with Gasteiger partial charge in [-0.3, -0.25) is 4.79 Å². The number of carbonyl (C=O) groups excluding carboxylic acids is 1. The third kappa shape index (κ3) is 3.51. The second-order valence-corrected chi connectivity index (χ2v) is 3.87. The van der Waals surface area contributed by atoms with Crippen molar-refractivity contribution in [3.8, 4) is 11.5 Å². The third-order valence-electron chi connectivity index (χ3n) is 2.21. The van der Waals surface area contributed by atoms with Gasteiger partial charge in [0.15, 0.2) is 11.5 Å². The number of halogens is 1. The highest BCUT2D eigenvalue weighted by atomic mass is 35.5. The maximum atomic E-state index is 11.8. The summed E-state index contributed by atoms with van der Waals surface area (Å²) in [7, 11) is 1.50. The van der Waals surface area contributed by atoms with Gasteiger partial charge in [-0.15, -0.1) is 0 Å². The molecule has 6 heteroatoms. The molecule has 0 fully saturated rings. The highest BCUT2D eigenvalue weighted by molar-refractivity contribution is 6.32. The molecule has 1 amide bonds. The average molecular weight is 273 g/mol. The van der Waals surface area contributed by atoms with Gasteiger partial charge in [0.25, 0.3) is 5.91 Å². The van der Waals surface area contributed by atoms with Crippen LogP contribution in [-0.2, 0) is 0 Å². The minimum Gasteiger partial charge on any atom is -0.493 e. The molecule has 1 aromatic carbocycles. The fourth-order valence-corrected chi connectivity index (χ4v) is 1.69. The Morgan fingerprint density at radius 2 is 2.22 bits per heavy atom. The number of methoxy groups -OCH3 is 1. The molecular weight excluding hydrogens is 256 g/mol. The minimum atomic E-state index is -0.247. The van der Waals surface area contributed by atoms with E-state index in [2.05, 4.69) is 5.32 Å². The summed E-state index contributed by atoms with van der Waals surface area (Å²) in [5.41, 5.74) is 5.73. The van der Waals surface area contributed by atoms with Crippen LogP contribution in [0.2, 0.25) is 5.02 Å². The van der Waals surface area contributed by atoms with Crippen LogP contribution in [0.25, 0.3) is 0 Å². The van der Waals surface area contributed by atoms with E-state index in [4.69, 9.17) is 26.8 Å². The highest BCUT2D eigenvalue weighted by Gasteiger charge is 2.15. The summed E-state index contributed by atoms with van der Waals surface area (Å²) in [6, 6.07) is 3.13. The van der Waals surface area contributed by atoms with Gasteiger partial charge < -0.3 is 20.5 Å². The monoisotopic (exact) mass is 272 g/mol. The first kappa shape index (κ1) is 14.6. The average Bonchev–Trinajstić information content (AvgIpc) is 2.38. The van der Waals surface area contributed by atoms with E-state index in [0.29, 0.717) is 41.8 Å². The molecule has 0 aliphatic carbocycles. The Kier molecular flexibility index (Phi) is 5.74. The highest BCUT2D eigenvalue weighted by Crippen LogP contribution is 2.36. The Morgan fingerprint density at radius 3 is 2.78 bits per heavy atom. The number of rotatable bonds is 6. The van der Waals surface area contributed by atoms with Crippen molar-refractivity contribution in [3.63, 3.8) is 0 Å². The van der Waals surface area contributed by atoms with E-state index in [0.717, 1.165) is 0 Å². The van der Waals surface area contributed by atoms with E-state index >= 15 is 0 Å². The summed E-state index contributed by atoms with van der Waals surface area (Å²) < 4.78 is 10.5. The molecule has 0 spiro atoms. The van der Waals surface area contributed by atoms with Gasteiger partial charge in [-0.05, 0) is 19.1 Å². The van der Waals surface area contributed by atoms with Gasteiger partial charge in [0.2, 0.25) is 0 Å². The molecule has 0 saturated heterocycles. The van der Waals surface area contributed by atoms with E-state index in [9.17, 15) is 4.79 Å². The lowest BCUT2D eigenvalue weighted by atomic mass is 10.2. The first-order chi connectivity index (χ1) is 8.63. The van der Waals surface area contributed by atoms with E-state index < -0.39 is 0 Å². The number of carbonyl (C=O) groups is 1. The summed E-state index contributed by atoms with van der Waals surface area (Å²) in [5, 5.41) is 3.00. The zero-order valence-corrected chi connectivity index (χ0v) is 11.2. The Bertz CT molecular complexity index is 424. The molecule has 0 bridgehead atoms. The smallest absolute Gasteiger partial charge is 0.251 e. The Balaban J connectivity index is 3.02. The molecule has 3 N–H and O–H groups in total. The maximum Gasteiger partial charge on any atom is 0.251 e. The molecule has 0 unspecified atom stereocenters. The fraction of sp³-hybridized carbons (Fsp3) is 0.417. The van der Waals surface area contributed by atoms with Crippen LogP contribution >= 0.6 is 11.6 Å². The number of amides is 1. The molecule has 0 aliphatic rings. The molecule has 0 aromatic heterocycles. The lowest BCUT2D eigenvalue weighted by molar-refractivity contribution is 0.0954. The SMILES string of the molecule is CCOc1c(Cl)cc(C(=O)NCCN)cc1OC. The van der Waals surface area contributed by atoms with Crippen LogP contribution in [0.15, 0.2) is 12.1 Å². The van der Waals surface area contributed by atoms with E-state index in [-0.39, 0.29) is 5.91 Å². The van der Waals surface area contributed by atoms with Crippen LogP contribution in [0.1, 0.15) is 17.3 Å². The minimum absolute atomic E-state index is 0.247. The molecule has 5 nitrogen and oxygen atoms in total. The van der Waals surface area contributed by atoms with Gasteiger partial charge in [0.05, 0.1) is 18.7 Å². The normalized spacial score (nSPS) is 10.0. The molecule has 0 saturated carbocycles. The summed E-state index contributed by atoms with van der Waals surface area (Å²) in [6.07, 6.45) is 0. The lowest BCUT2D eigenvalue weighted by Crippen LogP contribution is -2.29.